The van der Waals surface area contributed by atoms with E-state index in [1.165, 1.54) is 41.3 Å². The average molecular weight is 414 g/mol. The van der Waals surface area contributed by atoms with E-state index in [2.05, 4.69) is 15.7 Å². The van der Waals surface area contributed by atoms with E-state index in [9.17, 15) is 18.8 Å². The molecule has 0 aliphatic carbocycles. The molecule has 0 saturated heterocycles. The molecule has 2 aromatic heterocycles. The summed E-state index contributed by atoms with van der Waals surface area (Å²) in [5.74, 6) is -1.73. The lowest BCUT2D eigenvalue weighted by atomic mass is 10.2. The van der Waals surface area contributed by atoms with Gasteiger partial charge < -0.3 is 19.8 Å². The Balaban J connectivity index is 1.50. The lowest BCUT2D eigenvalue weighted by Crippen LogP contribution is -2.27. The zero-order chi connectivity index (χ0) is 21.5. The zero-order valence-corrected chi connectivity index (χ0v) is 16.1. The Morgan fingerprint density at radius 3 is 2.77 bits per heavy atom. The van der Waals surface area contributed by atoms with Gasteiger partial charge in [-0.05, 0) is 31.2 Å². The highest BCUT2D eigenvalue weighted by molar-refractivity contribution is 6.04. The van der Waals surface area contributed by atoms with Crippen LogP contribution < -0.4 is 10.6 Å². The van der Waals surface area contributed by atoms with Crippen molar-refractivity contribution in [2.75, 3.05) is 11.9 Å². The van der Waals surface area contributed by atoms with Crippen molar-refractivity contribution in [3.05, 3.63) is 71.7 Å². The maximum Gasteiger partial charge on any atom is 0.374 e. The Morgan fingerprint density at radius 2 is 2.00 bits per heavy atom. The van der Waals surface area contributed by atoms with Gasteiger partial charge >= 0.3 is 5.97 Å². The number of amides is 2. The second kappa shape index (κ2) is 9.50. The molecule has 2 N–H and O–H groups in total. The number of carbonyl (C=O) groups excluding carboxylic acids is 3. The maximum absolute atomic E-state index is 13.7. The van der Waals surface area contributed by atoms with Gasteiger partial charge in [-0.1, -0.05) is 12.1 Å². The van der Waals surface area contributed by atoms with E-state index in [1.807, 2.05) is 0 Å². The number of nitrogens with zero attached hydrogens (tertiary/aromatic N) is 2. The molecule has 1 aromatic carbocycles. The molecule has 2 amide bonds. The van der Waals surface area contributed by atoms with Gasteiger partial charge in [-0.3, -0.25) is 14.3 Å². The number of ether oxygens (including phenoxy) is 1. The third-order valence-corrected chi connectivity index (χ3v) is 3.91. The van der Waals surface area contributed by atoms with Crippen LogP contribution in [-0.4, -0.2) is 34.2 Å². The van der Waals surface area contributed by atoms with E-state index < -0.39 is 17.7 Å². The molecular formula is C20H19FN4O5. The fourth-order valence-electron chi connectivity index (χ4n) is 2.53. The van der Waals surface area contributed by atoms with Gasteiger partial charge in [0.2, 0.25) is 11.7 Å². The quantitative estimate of drug-likeness (QED) is 0.547. The van der Waals surface area contributed by atoms with Crippen molar-refractivity contribution >= 4 is 23.5 Å². The topological polar surface area (TPSA) is 115 Å². The standard InChI is InChI=1S/C20H19FN4O5/c1-2-29-20(28)17-8-7-14(30-17)10-22-18(26)12-25-11-13(9-23-25)24-19(27)15-5-3-4-6-16(15)21/h3-9,11H,2,10,12H2,1H3,(H,22,26)(H,24,27). The number of anilines is 1. The molecule has 0 bridgehead atoms. The summed E-state index contributed by atoms with van der Waals surface area (Å²) in [6.07, 6.45) is 2.80. The van der Waals surface area contributed by atoms with Crippen LogP contribution in [0.5, 0.6) is 0 Å². The van der Waals surface area contributed by atoms with Crippen molar-refractivity contribution in [2.45, 2.75) is 20.0 Å². The van der Waals surface area contributed by atoms with Gasteiger partial charge in [0.05, 0.1) is 30.6 Å². The number of carbonyl (C=O) groups is 3. The number of aromatic nitrogens is 2. The molecule has 2 heterocycles. The molecule has 0 saturated carbocycles. The molecule has 0 unspecified atom stereocenters. The monoisotopic (exact) mass is 414 g/mol. The predicted octanol–water partition coefficient (Wildman–Crippen LogP) is 2.36. The molecule has 30 heavy (non-hydrogen) atoms. The van der Waals surface area contributed by atoms with Crippen LogP contribution in [0, 0.1) is 5.82 Å². The Hall–Kier alpha value is -3.95. The molecular weight excluding hydrogens is 395 g/mol. The second-order valence-corrected chi connectivity index (χ2v) is 6.12. The fraction of sp³-hybridized carbons (Fsp3) is 0.200. The largest absolute Gasteiger partial charge is 0.460 e. The minimum absolute atomic E-state index is 0.0587. The molecule has 3 aromatic rings. The fourth-order valence-corrected chi connectivity index (χ4v) is 2.53. The van der Waals surface area contributed by atoms with E-state index in [4.69, 9.17) is 9.15 Å². The SMILES string of the molecule is CCOC(=O)c1ccc(CNC(=O)Cn2cc(NC(=O)c3ccccc3F)cn2)o1. The third kappa shape index (κ3) is 5.31. The lowest BCUT2D eigenvalue weighted by molar-refractivity contribution is -0.122. The maximum atomic E-state index is 13.7. The third-order valence-electron chi connectivity index (χ3n) is 3.91. The second-order valence-electron chi connectivity index (χ2n) is 6.12. The number of esters is 1. The van der Waals surface area contributed by atoms with Gasteiger partial charge in [-0.15, -0.1) is 0 Å². The summed E-state index contributed by atoms with van der Waals surface area (Å²) in [4.78, 5) is 35.7. The predicted molar refractivity (Wildman–Crippen MR) is 103 cm³/mol. The van der Waals surface area contributed by atoms with E-state index in [0.717, 1.165) is 0 Å². The molecule has 0 aliphatic heterocycles. The molecule has 0 radical (unpaired) electrons. The molecule has 0 atom stereocenters. The molecule has 3 rings (SSSR count). The first-order valence-corrected chi connectivity index (χ1v) is 9.07. The van der Waals surface area contributed by atoms with Crippen molar-refractivity contribution in [3.8, 4) is 0 Å². The highest BCUT2D eigenvalue weighted by atomic mass is 19.1. The van der Waals surface area contributed by atoms with E-state index in [1.54, 1.807) is 19.1 Å². The number of hydrogen-bond acceptors (Lipinski definition) is 6. The molecule has 156 valence electrons. The molecule has 0 aliphatic rings. The minimum Gasteiger partial charge on any atom is -0.460 e. The number of halogens is 1. The van der Waals surface area contributed by atoms with Crippen LogP contribution in [0.1, 0.15) is 33.6 Å². The molecule has 0 spiro atoms. The van der Waals surface area contributed by atoms with Crippen LogP contribution in [0.25, 0.3) is 0 Å². The summed E-state index contributed by atoms with van der Waals surface area (Å²) in [7, 11) is 0. The van der Waals surface area contributed by atoms with Crippen LogP contribution in [0.4, 0.5) is 10.1 Å². The number of benzene rings is 1. The minimum atomic E-state index is -0.634. The first kappa shape index (κ1) is 20.8. The van der Waals surface area contributed by atoms with Crippen molar-refractivity contribution in [1.82, 2.24) is 15.1 Å². The first-order chi connectivity index (χ1) is 14.5. The van der Waals surface area contributed by atoms with Gasteiger partial charge in [-0.2, -0.15) is 5.10 Å². The summed E-state index contributed by atoms with van der Waals surface area (Å²) in [5, 5.41) is 9.14. The number of hydrogen-bond donors (Lipinski definition) is 2. The van der Waals surface area contributed by atoms with Crippen LogP contribution in [-0.2, 0) is 22.6 Å². The van der Waals surface area contributed by atoms with Crippen LogP contribution in [0.3, 0.4) is 0 Å². The number of nitrogens with one attached hydrogen (secondary N) is 2. The zero-order valence-electron chi connectivity index (χ0n) is 16.1. The van der Waals surface area contributed by atoms with Gasteiger partial charge in [0.1, 0.15) is 18.1 Å². The van der Waals surface area contributed by atoms with Crippen molar-refractivity contribution < 1.29 is 27.9 Å². The highest BCUT2D eigenvalue weighted by Gasteiger charge is 2.14. The summed E-state index contributed by atoms with van der Waals surface area (Å²) in [5.41, 5.74) is 0.227. The summed E-state index contributed by atoms with van der Waals surface area (Å²) in [6.45, 7) is 1.89. The van der Waals surface area contributed by atoms with Gasteiger partial charge in [-0.25, -0.2) is 9.18 Å². The Labute approximate surface area is 170 Å². The summed E-state index contributed by atoms with van der Waals surface area (Å²) < 4.78 is 25.1. The summed E-state index contributed by atoms with van der Waals surface area (Å²) in [6, 6.07) is 8.64. The van der Waals surface area contributed by atoms with E-state index in [-0.39, 0.29) is 36.9 Å². The molecule has 9 nitrogen and oxygen atoms in total. The van der Waals surface area contributed by atoms with Crippen molar-refractivity contribution in [3.63, 3.8) is 0 Å². The Morgan fingerprint density at radius 1 is 1.20 bits per heavy atom. The number of rotatable bonds is 8. The smallest absolute Gasteiger partial charge is 0.374 e. The number of furan rings is 1. The highest BCUT2D eigenvalue weighted by Crippen LogP contribution is 2.12. The normalized spacial score (nSPS) is 10.5. The van der Waals surface area contributed by atoms with Crippen LogP contribution in [0.2, 0.25) is 0 Å². The van der Waals surface area contributed by atoms with E-state index >= 15 is 0 Å². The lowest BCUT2D eigenvalue weighted by Gasteiger charge is -2.04. The van der Waals surface area contributed by atoms with Gasteiger partial charge in [0.25, 0.3) is 5.91 Å². The Kier molecular flexibility index (Phi) is 6.58. The molecule has 10 heteroatoms. The van der Waals surface area contributed by atoms with Crippen molar-refractivity contribution in [2.24, 2.45) is 0 Å². The van der Waals surface area contributed by atoms with E-state index in [0.29, 0.717) is 11.4 Å². The van der Waals surface area contributed by atoms with Gasteiger partial charge in [0.15, 0.2) is 0 Å². The van der Waals surface area contributed by atoms with Gasteiger partial charge in [0, 0.05) is 6.20 Å². The van der Waals surface area contributed by atoms with Crippen LogP contribution in [0.15, 0.2) is 53.2 Å². The van der Waals surface area contributed by atoms with Crippen LogP contribution >= 0.6 is 0 Å². The molecule has 0 fully saturated rings. The average Bonchev–Trinajstić information content (AvgIpc) is 3.36. The van der Waals surface area contributed by atoms with Crippen molar-refractivity contribution in [1.29, 1.82) is 0 Å². The first-order valence-electron chi connectivity index (χ1n) is 9.07. The Bertz CT molecular complexity index is 1060. The summed E-state index contributed by atoms with van der Waals surface area (Å²) >= 11 is 0.